The van der Waals surface area contributed by atoms with Crippen molar-refractivity contribution in [2.24, 2.45) is 0 Å². The molecule has 4 aromatic rings. The molecule has 7 rings (SSSR count). The van der Waals surface area contributed by atoms with Crippen molar-refractivity contribution in [2.75, 3.05) is 45.7 Å². The van der Waals surface area contributed by atoms with E-state index in [1.165, 1.54) is 22.8 Å². The first kappa shape index (κ1) is 28.4. The van der Waals surface area contributed by atoms with E-state index >= 15 is 0 Å². The van der Waals surface area contributed by atoms with Crippen molar-refractivity contribution in [3.63, 3.8) is 0 Å². The Kier molecular flexibility index (Phi) is 7.25. The summed E-state index contributed by atoms with van der Waals surface area (Å²) in [5.74, 6) is 0.748. The molecule has 2 saturated heterocycles. The van der Waals surface area contributed by atoms with Gasteiger partial charge in [0.05, 0.1) is 22.1 Å². The van der Waals surface area contributed by atoms with Crippen LogP contribution >= 0.6 is 0 Å². The molecule has 3 fully saturated rings. The molecule has 2 aromatic heterocycles. The summed E-state index contributed by atoms with van der Waals surface area (Å²) < 4.78 is 20.9. The number of ether oxygens (including phenoxy) is 1. The van der Waals surface area contributed by atoms with E-state index in [-0.39, 0.29) is 11.1 Å². The topological polar surface area (TPSA) is 66.4 Å². The molecule has 226 valence electrons. The normalized spacial score (nSPS) is 23.2. The molecule has 0 radical (unpaired) electrons. The van der Waals surface area contributed by atoms with Gasteiger partial charge in [-0.1, -0.05) is 43.3 Å². The number of hydrogen-bond donors (Lipinski definition) is 1. The molecule has 43 heavy (non-hydrogen) atoms. The first-order valence-corrected chi connectivity index (χ1v) is 15.9. The molecule has 8 heteroatoms. The van der Waals surface area contributed by atoms with Crippen LogP contribution in [0.25, 0.3) is 32.9 Å². The molecule has 1 saturated carbocycles. The lowest BCUT2D eigenvalue weighted by Crippen LogP contribution is -2.54. The van der Waals surface area contributed by atoms with Crippen molar-refractivity contribution in [1.29, 1.82) is 0 Å². The van der Waals surface area contributed by atoms with Crippen LogP contribution in [-0.2, 0) is 6.42 Å². The number of anilines is 1. The summed E-state index contributed by atoms with van der Waals surface area (Å²) in [6.45, 7) is 6.93. The molecule has 1 aliphatic carbocycles. The zero-order valence-electron chi connectivity index (χ0n) is 25.9. The second-order valence-electron chi connectivity index (χ2n) is 13.2. The van der Waals surface area contributed by atoms with Crippen LogP contribution in [-0.4, -0.2) is 82.3 Å². The molecule has 2 atom stereocenters. The highest BCUT2D eigenvalue weighted by Crippen LogP contribution is 2.41. The van der Waals surface area contributed by atoms with Gasteiger partial charge in [0.25, 0.3) is 0 Å². The van der Waals surface area contributed by atoms with Crippen LogP contribution in [0, 0.1) is 6.92 Å². The fraction of sp³-hybridized carbons (Fsp3) is 0.514. The van der Waals surface area contributed by atoms with Gasteiger partial charge >= 0.3 is 6.01 Å². The van der Waals surface area contributed by atoms with Crippen LogP contribution < -0.4 is 10.1 Å². The molecule has 0 spiro atoms. The predicted octanol–water partition coefficient (Wildman–Crippen LogP) is 6.57. The second-order valence-corrected chi connectivity index (χ2v) is 13.2. The minimum atomic E-state index is -0.798. The van der Waals surface area contributed by atoms with Crippen molar-refractivity contribution in [3.8, 4) is 17.3 Å². The Labute approximate surface area is 253 Å². The number of aromatic nitrogens is 3. The van der Waals surface area contributed by atoms with E-state index in [2.05, 4.69) is 79.5 Å². The van der Waals surface area contributed by atoms with E-state index in [0.29, 0.717) is 25.6 Å². The fourth-order valence-electron chi connectivity index (χ4n) is 7.84. The van der Waals surface area contributed by atoms with Gasteiger partial charge in [0.1, 0.15) is 18.6 Å². The van der Waals surface area contributed by atoms with Gasteiger partial charge in [0.15, 0.2) is 0 Å². The lowest BCUT2D eigenvalue weighted by atomic mass is 9.75. The number of benzene rings is 2. The number of fused-ring (bicyclic) bond motifs is 3. The molecule has 0 bridgehead atoms. The molecular formula is C35H43FN6O. The third-order valence-corrected chi connectivity index (χ3v) is 10.6. The second kappa shape index (κ2) is 11.0. The summed E-state index contributed by atoms with van der Waals surface area (Å²) >= 11 is 0. The van der Waals surface area contributed by atoms with Crippen molar-refractivity contribution in [1.82, 2.24) is 24.8 Å². The van der Waals surface area contributed by atoms with E-state index in [1.54, 1.807) is 0 Å². The van der Waals surface area contributed by atoms with Crippen molar-refractivity contribution < 1.29 is 9.13 Å². The Morgan fingerprint density at radius 2 is 1.91 bits per heavy atom. The van der Waals surface area contributed by atoms with Gasteiger partial charge in [-0.3, -0.25) is 9.88 Å². The number of halogens is 1. The van der Waals surface area contributed by atoms with Gasteiger partial charge in [0.2, 0.25) is 0 Å². The summed E-state index contributed by atoms with van der Waals surface area (Å²) in [5, 5.41) is 7.03. The zero-order chi connectivity index (χ0) is 29.8. The minimum absolute atomic E-state index is 0.115. The fourth-order valence-corrected chi connectivity index (χ4v) is 7.84. The van der Waals surface area contributed by atoms with Gasteiger partial charge in [-0.25, -0.2) is 4.39 Å². The molecule has 2 aliphatic heterocycles. The summed E-state index contributed by atoms with van der Waals surface area (Å²) in [4.78, 5) is 19.6. The summed E-state index contributed by atoms with van der Waals surface area (Å²) in [6, 6.07) is 13.3. The Balaban J connectivity index is 1.31. The summed E-state index contributed by atoms with van der Waals surface area (Å²) in [5.41, 5.74) is 5.05. The van der Waals surface area contributed by atoms with Crippen LogP contribution in [0.4, 0.5) is 10.2 Å². The molecule has 0 amide bonds. The first-order valence-electron chi connectivity index (χ1n) is 15.9. The molecule has 2 aromatic carbocycles. The molecule has 1 N–H and O–H groups in total. The minimum Gasteiger partial charge on any atom is -0.461 e. The number of nitrogens with one attached hydrogen (secondary N) is 1. The summed E-state index contributed by atoms with van der Waals surface area (Å²) in [6.07, 6.45) is 8.16. The van der Waals surface area contributed by atoms with Crippen LogP contribution in [0.3, 0.4) is 0 Å². The van der Waals surface area contributed by atoms with Crippen molar-refractivity contribution in [2.45, 2.75) is 76.0 Å². The number of rotatable bonds is 9. The van der Waals surface area contributed by atoms with Crippen molar-refractivity contribution in [3.05, 3.63) is 53.7 Å². The number of nitrogens with zero attached hydrogens (tertiary/aromatic N) is 5. The lowest BCUT2D eigenvalue weighted by Gasteiger charge is -2.47. The van der Waals surface area contributed by atoms with Gasteiger partial charge in [-0.2, -0.15) is 9.97 Å². The van der Waals surface area contributed by atoms with Crippen LogP contribution in [0.1, 0.15) is 56.6 Å². The molecule has 4 heterocycles. The number of alkyl halides is 1. The van der Waals surface area contributed by atoms with E-state index < -0.39 is 6.17 Å². The monoisotopic (exact) mass is 582 g/mol. The van der Waals surface area contributed by atoms with Gasteiger partial charge in [0, 0.05) is 42.4 Å². The Morgan fingerprint density at radius 1 is 1.09 bits per heavy atom. The van der Waals surface area contributed by atoms with Crippen LogP contribution in [0.5, 0.6) is 6.01 Å². The SMILES string of the molecule is CCc1cccc2cccc(-c3ncc4c(NCC5(N(C)C)CCC5)nc(OC[C@@]56CCCN5C[C@H](F)C6)nc4c3C)c12. The molecule has 3 aliphatic rings. The average molecular weight is 583 g/mol. The maximum atomic E-state index is 14.5. The highest BCUT2D eigenvalue weighted by Gasteiger charge is 2.49. The number of likely N-dealkylation sites (N-methyl/N-ethyl adjacent to an activating group) is 1. The van der Waals surface area contributed by atoms with Crippen molar-refractivity contribution >= 4 is 27.5 Å². The van der Waals surface area contributed by atoms with Gasteiger partial charge in [-0.15, -0.1) is 0 Å². The first-order chi connectivity index (χ1) is 20.8. The van der Waals surface area contributed by atoms with Gasteiger partial charge < -0.3 is 15.0 Å². The van der Waals surface area contributed by atoms with Crippen LogP contribution in [0.2, 0.25) is 0 Å². The van der Waals surface area contributed by atoms with E-state index in [0.717, 1.165) is 78.7 Å². The molecule has 0 unspecified atom stereocenters. The predicted molar refractivity (Wildman–Crippen MR) is 172 cm³/mol. The lowest BCUT2D eigenvalue weighted by molar-refractivity contribution is 0.0738. The third kappa shape index (κ3) is 4.83. The van der Waals surface area contributed by atoms with Gasteiger partial charge in [-0.05, 0) is 82.4 Å². The van der Waals surface area contributed by atoms with E-state index in [1.807, 2.05) is 6.20 Å². The largest absolute Gasteiger partial charge is 0.461 e. The standard InChI is InChI=1S/C35H43FN6O/c1-5-24-10-6-11-25-12-7-13-27(29(24)25)30-23(2)31-28(19-37-30)32(38-21-34(41(3)4)14-8-15-34)40-33(39-31)43-22-35-16-9-17-42(35)20-26(36)18-35/h6-7,10-13,19,26H,5,8-9,14-18,20-22H2,1-4H3,(H,38,39,40)/t26-,35+/m1/s1. The number of pyridine rings is 1. The maximum Gasteiger partial charge on any atom is 0.319 e. The zero-order valence-corrected chi connectivity index (χ0v) is 25.9. The number of aryl methyl sites for hydroxylation is 2. The van der Waals surface area contributed by atoms with E-state index in [9.17, 15) is 4.39 Å². The Hall–Kier alpha value is -3.36. The molecular weight excluding hydrogens is 539 g/mol. The maximum absolute atomic E-state index is 14.5. The number of hydrogen-bond acceptors (Lipinski definition) is 7. The Bertz CT molecular complexity index is 1660. The van der Waals surface area contributed by atoms with E-state index in [4.69, 9.17) is 19.7 Å². The summed E-state index contributed by atoms with van der Waals surface area (Å²) in [7, 11) is 4.32. The highest BCUT2D eigenvalue weighted by molar-refractivity contribution is 6.01. The average Bonchev–Trinajstić information content (AvgIpc) is 3.50. The smallest absolute Gasteiger partial charge is 0.319 e. The third-order valence-electron chi connectivity index (χ3n) is 10.6. The Morgan fingerprint density at radius 3 is 2.65 bits per heavy atom. The highest BCUT2D eigenvalue weighted by atomic mass is 19.1. The molecule has 7 nitrogen and oxygen atoms in total. The quantitative estimate of drug-likeness (QED) is 0.240. The van der Waals surface area contributed by atoms with Crippen LogP contribution in [0.15, 0.2) is 42.6 Å².